The third kappa shape index (κ3) is 5.62. The van der Waals surface area contributed by atoms with E-state index in [2.05, 4.69) is 20.4 Å². The summed E-state index contributed by atoms with van der Waals surface area (Å²) in [5.74, 6) is -0.200. The molecule has 0 atom stereocenters. The van der Waals surface area contributed by atoms with Crippen molar-refractivity contribution in [2.75, 3.05) is 6.54 Å². The second-order valence-corrected chi connectivity index (χ2v) is 12.5. The maximum absolute atomic E-state index is 13.7. The molecular formula is C31H30N8O4S. The van der Waals surface area contributed by atoms with E-state index in [4.69, 9.17) is 5.73 Å². The average molecular weight is 611 g/mol. The molecular weight excluding hydrogens is 580 g/mol. The fourth-order valence-corrected chi connectivity index (χ4v) is 6.71. The summed E-state index contributed by atoms with van der Waals surface area (Å²) in [7, 11) is -2.18. The maximum Gasteiger partial charge on any atom is 0.261 e. The number of benzene rings is 2. The Hall–Kier alpha value is -5.14. The first-order valence-electron chi connectivity index (χ1n) is 13.9. The molecule has 0 saturated carbocycles. The summed E-state index contributed by atoms with van der Waals surface area (Å²) in [6.07, 6.45) is 7.08. The molecule has 0 aliphatic heterocycles. The van der Waals surface area contributed by atoms with Crippen LogP contribution >= 0.6 is 0 Å². The van der Waals surface area contributed by atoms with Gasteiger partial charge in [0.2, 0.25) is 0 Å². The second-order valence-electron chi connectivity index (χ2n) is 10.5. The molecule has 0 fully saturated rings. The minimum Gasteiger partial charge on any atom is -0.348 e. The van der Waals surface area contributed by atoms with Crippen molar-refractivity contribution in [3.63, 3.8) is 0 Å². The van der Waals surface area contributed by atoms with E-state index in [0.29, 0.717) is 40.1 Å². The molecule has 0 bridgehead atoms. The van der Waals surface area contributed by atoms with Gasteiger partial charge >= 0.3 is 0 Å². The number of hydrogen-bond acceptors (Lipinski definition) is 8. The number of carbonyl (C=O) groups is 1. The number of pyridine rings is 1. The lowest BCUT2D eigenvalue weighted by Gasteiger charge is -2.14. The second kappa shape index (κ2) is 11.5. The number of sulfone groups is 1. The van der Waals surface area contributed by atoms with Gasteiger partial charge in [-0.2, -0.15) is 5.10 Å². The van der Waals surface area contributed by atoms with Crippen LogP contribution in [0.1, 0.15) is 27.4 Å². The molecule has 12 nitrogen and oxygen atoms in total. The molecule has 0 unspecified atom stereocenters. The molecule has 0 aliphatic rings. The van der Waals surface area contributed by atoms with Gasteiger partial charge in [0.1, 0.15) is 11.5 Å². The van der Waals surface area contributed by atoms with E-state index in [-0.39, 0.29) is 40.8 Å². The lowest BCUT2D eigenvalue weighted by Crippen LogP contribution is -2.27. The van der Waals surface area contributed by atoms with Crippen LogP contribution in [0.4, 0.5) is 0 Å². The van der Waals surface area contributed by atoms with Gasteiger partial charge in [0.05, 0.1) is 27.2 Å². The number of carbonyl (C=O) groups excluding carboxylic acids is 1. The van der Waals surface area contributed by atoms with Crippen LogP contribution in [0.5, 0.6) is 0 Å². The highest BCUT2D eigenvalue weighted by Crippen LogP contribution is 2.32. The van der Waals surface area contributed by atoms with Gasteiger partial charge in [-0.25, -0.2) is 18.4 Å². The summed E-state index contributed by atoms with van der Waals surface area (Å²) < 4.78 is 32.4. The van der Waals surface area contributed by atoms with E-state index >= 15 is 0 Å². The van der Waals surface area contributed by atoms with Gasteiger partial charge in [-0.15, -0.1) is 0 Å². The Morgan fingerprint density at radius 1 is 1.02 bits per heavy atom. The van der Waals surface area contributed by atoms with Crippen LogP contribution in [-0.2, 0) is 35.7 Å². The first kappa shape index (κ1) is 29.0. The smallest absolute Gasteiger partial charge is 0.261 e. The Labute approximate surface area is 252 Å². The zero-order valence-corrected chi connectivity index (χ0v) is 25.0. The molecule has 3 N–H and O–H groups in total. The summed E-state index contributed by atoms with van der Waals surface area (Å²) in [6, 6.07) is 14.9. The number of nitrogens with zero attached hydrogens (tertiary/aromatic N) is 6. The van der Waals surface area contributed by atoms with Gasteiger partial charge in [0, 0.05) is 62.6 Å². The van der Waals surface area contributed by atoms with Gasteiger partial charge in [0.15, 0.2) is 9.84 Å². The van der Waals surface area contributed by atoms with Gasteiger partial charge in [0.25, 0.3) is 11.5 Å². The van der Waals surface area contributed by atoms with Gasteiger partial charge in [-0.3, -0.25) is 18.8 Å². The fraction of sp³-hybridized carbons (Fsp3) is 0.194. The lowest BCUT2D eigenvalue weighted by molar-refractivity contribution is 0.0951. The number of aromatic nitrogens is 6. The molecule has 4 aromatic heterocycles. The van der Waals surface area contributed by atoms with Gasteiger partial charge in [-0.05, 0) is 66.6 Å². The molecule has 4 heterocycles. The van der Waals surface area contributed by atoms with Crippen LogP contribution in [0.2, 0.25) is 0 Å². The maximum atomic E-state index is 13.7. The van der Waals surface area contributed by atoms with Crippen LogP contribution in [0, 0.1) is 6.92 Å². The Morgan fingerprint density at radius 2 is 1.86 bits per heavy atom. The highest BCUT2D eigenvalue weighted by molar-refractivity contribution is 7.90. The van der Waals surface area contributed by atoms with Crippen molar-refractivity contribution in [1.82, 2.24) is 34.0 Å². The minimum absolute atomic E-state index is 0.0389. The van der Waals surface area contributed by atoms with E-state index in [1.54, 1.807) is 56.7 Å². The Morgan fingerprint density at radius 3 is 2.64 bits per heavy atom. The third-order valence-electron chi connectivity index (χ3n) is 7.41. The van der Waals surface area contributed by atoms with E-state index < -0.39 is 9.84 Å². The standard InChI is InChI=1S/C31H30N8O4S/c1-20-35-27-17-22(3-5-25(27)31(41)39(20)13-9-32)26-16-23(4-6-28(26)44(42,43)19-24-8-11-37(2)36-24)30(40)34-18-21-7-12-38-14-10-33-29(38)15-21/h3-8,10-12,14-17H,9,13,18-19,32H2,1-2H3,(H,34,40). The number of rotatable bonds is 9. The summed E-state index contributed by atoms with van der Waals surface area (Å²) >= 11 is 0. The molecule has 2 aromatic carbocycles. The van der Waals surface area contributed by atoms with Crippen LogP contribution in [-0.4, -0.2) is 49.6 Å². The monoisotopic (exact) mass is 610 g/mol. The number of nitrogens with one attached hydrogen (secondary N) is 1. The Kier molecular flexibility index (Phi) is 7.57. The molecule has 224 valence electrons. The van der Waals surface area contributed by atoms with Crippen molar-refractivity contribution < 1.29 is 13.2 Å². The Bertz CT molecular complexity index is 2220. The van der Waals surface area contributed by atoms with Crippen molar-refractivity contribution in [2.45, 2.75) is 30.7 Å². The van der Waals surface area contributed by atoms with Crippen molar-refractivity contribution in [2.24, 2.45) is 12.8 Å². The Balaban J connectivity index is 1.40. The first-order valence-corrected chi connectivity index (χ1v) is 15.5. The van der Waals surface area contributed by atoms with Crippen molar-refractivity contribution in [3.05, 3.63) is 112 Å². The van der Waals surface area contributed by atoms with Crippen LogP contribution in [0.3, 0.4) is 0 Å². The molecule has 0 spiro atoms. The SMILES string of the molecule is Cc1nc2cc(-c3cc(C(=O)NCc4ccn5ccnc5c4)ccc3S(=O)(=O)Cc3ccn(C)n3)ccc2c(=O)n1CCN. The number of aryl methyl sites for hydroxylation is 2. The molecule has 0 aliphatic carbocycles. The van der Waals surface area contributed by atoms with E-state index in [1.165, 1.54) is 21.4 Å². The van der Waals surface area contributed by atoms with E-state index in [1.807, 2.05) is 28.9 Å². The molecule has 6 aromatic rings. The predicted molar refractivity (Wildman–Crippen MR) is 166 cm³/mol. The van der Waals surface area contributed by atoms with E-state index in [0.717, 1.165) is 11.2 Å². The van der Waals surface area contributed by atoms with E-state index in [9.17, 15) is 18.0 Å². The summed E-state index contributed by atoms with van der Waals surface area (Å²) in [5, 5.41) is 7.53. The molecule has 0 radical (unpaired) electrons. The summed E-state index contributed by atoms with van der Waals surface area (Å²) in [5.41, 5.74) is 8.98. The van der Waals surface area contributed by atoms with Crippen LogP contribution in [0.25, 0.3) is 27.7 Å². The number of nitrogens with two attached hydrogens (primary N) is 1. The lowest BCUT2D eigenvalue weighted by atomic mass is 10.0. The molecule has 0 saturated heterocycles. The molecule has 6 rings (SSSR count). The molecule has 1 amide bonds. The van der Waals surface area contributed by atoms with Gasteiger partial charge in [-0.1, -0.05) is 6.07 Å². The quantitative estimate of drug-likeness (QED) is 0.253. The number of imidazole rings is 1. The predicted octanol–water partition coefficient (Wildman–Crippen LogP) is 2.62. The topological polar surface area (TPSA) is 159 Å². The summed E-state index contributed by atoms with van der Waals surface area (Å²) in [4.78, 5) is 35.3. The van der Waals surface area contributed by atoms with Crippen molar-refractivity contribution in [1.29, 1.82) is 0 Å². The van der Waals surface area contributed by atoms with Gasteiger partial charge < -0.3 is 15.5 Å². The zero-order chi connectivity index (χ0) is 31.0. The summed E-state index contributed by atoms with van der Waals surface area (Å²) in [6.45, 7) is 2.60. The largest absolute Gasteiger partial charge is 0.348 e. The van der Waals surface area contributed by atoms with Crippen LogP contribution in [0.15, 0.2) is 89.1 Å². The first-order chi connectivity index (χ1) is 21.1. The molecule has 44 heavy (non-hydrogen) atoms. The fourth-order valence-electron chi connectivity index (χ4n) is 5.22. The van der Waals surface area contributed by atoms with Crippen molar-refractivity contribution in [3.8, 4) is 11.1 Å². The number of hydrogen-bond donors (Lipinski definition) is 2. The zero-order valence-electron chi connectivity index (χ0n) is 24.1. The normalized spacial score (nSPS) is 11.8. The number of amides is 1. The highest BCUT2D eigenvalue weighted by atomic mass is 32.2. The minimum atomic E-state index is -3.89. The highest BCUT2D eigenvalue weighted by Gasteiger charge is 2.24. The number of fused-ring (bicyclic) bond motifs is 2. The van der Waals surface area contributed by atoms with Crippen molar-refractivity contribution >= 4 is 32.3 Å². The average Bonchev–Trinajstić information content (AvgIpc) is 3.65. The van der Waals surface area contributed by atoms with Crippen LogP contribution < -0.4 is 16.6 Å². The molecule has 13 heteroatoms. The third-order valence-corrected chi connectivity index (χ3v) is 9.11.